The number of aryl methyl sites for hydroxylation is 1. The average Bonchev–Trinajstić information content (AvgIpc) is 3.48. The molecule has 1 aliphatic carbocycles. The molecule has 3 rings (SSSR count). The van der Waals surface area contributed by atoms with Crippen LogP contribution in [0.4, 0.5) is 0 Å². The minimum absolute atomic E-state index is 0.0693. The van der Waals surface area contributed by atoms with E-state index in [9.17, 15) is 21.6 Å². The van der Waals surface area contributed by atoms with E-state index in [2.05, 4.69) is 9.62 Å². The second-order valence-corrected chi connectivity index (χ2v) is 11.9. The Bertz CT molecular complexity index is 917. The van der Waals surface area contributed by atoms with Crippen molar-refractivity contribution in [3.63, 3.8) is 0 Å². The van der Waals surface area contributed by atoms with E-state index in [1.165, 1.54) is 6.26 Å². The molecular formula is C19H29N3O5S2. The summed E-state index contributed by atoms with van der Waals surface area (Å²) in [7, 11) is -6.42. The maximum absolute atomic E-state index is 12.5. The normalized spacial score (nSPS) is 18.7. The van der Waals surface area contributed by atoms with Crippen LogP contribution >= 0.6 is 0 Å². The highest BCUT2D eigenvalue weighted by atomic mass is 32.2. The number of piperazine rings is 1. The lowest BCUT2D eigenvalue weighted by atomic mass is 10.1. The van der Waals surface area contributed by atoms with Gasteiger partial charge in [-0.15, -0.1) is 0 Å². The summed E-state index contributed by atoms with van der Waals surface area (Å²) < 4.78 is 49.6. The number of nitrogens with zero attached hydrogens (tertiary/aromatic N) is 2. The molecule has 1 saturated carbocycles. The van der Waals surface area contributed by atoms with Crippen molar-refractivity contribution in [3.8, 4) is 0 Å². The highest BCUT2D eigenvalue weighted by molar-refractivity contribution is 7.90. The van der Waals surface area contributed by atoms with Gasteiger partial charge in [0, 0.05) is 51.4 Å². The van der Waals surface area contributed by atoms with Crippen LogP contribution in [0.25, 0.3) is 0 Å². The number of hydrogen-bond donors (Lipinski definition) is 1. The predicted molar refractivity (Wildman–Crippen MR) is 111 cm³/mol. The first-order chi connectivity index (χ1) is 13.6. The summed E-state index contributed by atoms with van der Waals surface area (Å²) in [6, 6.07) is 6.77. The number of sulfone groups is 1. The molecule has 0 atom stereocenters. The maximum atomic E-state index is 12.5. The van der Waals surface area contributed by atoms with E-state index in [1.54, 1.807) is 24.3 Å². The number of hydrogen-bond acceptors (Lipinski definition) is 6. The summed E-state index contributed by atoms with van der Waals surface area (Å²) in [5.41, 5.74) is 0.926. The van der Waals surface area contributed by atoms with E-state index in [0.29, 0.717) is 45.6 Å². The number of carbonyl (C=O) groups excluding carboxylic acids is 1. The maximum Gasteiger partial charge on any atom is 0.240 e. The number of sulfonamides is 1. The lowest BCUT2D eigenvalue weighted by molar-refractivity contribution is -0.132. The fourth-order valence-corrected chi connectivity index (χ4v) is 5.14. The van der Waals surface area contributed by atoms with Crippen molar-refractivity contribution in [2.24, 2.45) is 0 Å². The molecule has 162 valence electrons. The van der Waals surface area contributed by atoms with Gasteiger partial charge in [-0.05, 0) is 37.0 Å². The third kappa shape index (κ3) is 7.06. The second-order valence-electron chi connectivity index (χ2n) is 7.89. The molecule has 0 aromatic heterocycles. The Labute approximate surface area is 173 Å². The van der Waals surface area contributed by atoms with Gasteiger partial charge in [-0.1, -0.05) is 12.1 Å². The van der Waals surface area contributed by atoms with Crippen LogP contribution in [0.1, 0.15) is 24.8 Å². The molecule has 1 saturated heterocycles. The van der Waals surface area contributed by atoms with E-state index in [4.69, 9.17) is 0 Å². The number of amides is 1. The molecule has 0 bridgehead atoms. The first-order valence-corrected chi connectivity index (χ1v) is 13.5. The van der Waals surface area contributed by atoms with Crippen LogP contribution in [-0.4, -0.2) is 83.3 Å². The molecular weight excluding hydrogens is 414 g/mol. The van der Waals surface area contributed by atoms with E-state index in [-0.39, 0.29) is 22.6 Å². The van der Waals surface area contributed by atoms with Crippen LogP contribution in [0.5, 0.6) is 0 Å². The molecule has 0 unspecified atom stereocenters. The van der Waals surface area contributed by atoms with Gasteiger partial charge >= 0.3 is 0 Å². The molecule has 0 spiro atoms. The zero-order valence-electron chi connectivity index (χ0n) is 16.7. The molecule has 1 amide bonds. The minimum atomic E-state index is -3.45. The van der Waals surface area contributed by atoms with Gasteiger partial charge in [0.15, 0.2) is 0 Å². The number of benzene rings is 1. The van der Waals surface area contributed by atoms with Crippen LogP contribution in [0.3, 0.4) is 0 Å². The van der Waals surface area contributed by atoms with Crippen molar-refractivity contribution in [1.29, 1.82) is 0 Å². The number of rotatable bonds is 9. The summed E-state index contributed by atoms with van der Waals surface area (Å²) in [5, 5.41) is 0. The summed E-state index contributed by atoms with van der Waals surface area (Å²) in [4.78, 5) is 16.6. The minimum Gasteiger partial charge on any atom is -0.340 e. The zero-order valence-corrected chi connectivity index (χ0v) is 18.3. The largest absolute Gasteiger partial charge is 0.340 e. The Morgan fingerprint density at radius 2 is 1.66 bits per heavy atom. The third-order valence-corrected chi connectivity index (χ3v) is 7.72. The lowest BCUT2D eigenvalue weighted by Crippen LogP contribution is -2.49. The Morgan fingerprint density at radius 1 is 1.03 bits per heavy atom. The van der Waals surface area contributed by atoms with Gasteiger partial charge in [-0.3, -0.25) is 9.69 Å². The third-order valence-electron chi connectivity index (χ3n) is 5.26. The van der Waals surface area contributed by atoms with Gasteiger partial charge in [0.1, 0.15) is 9.84 Å². The summed E-state index contributed by atoms with van der Waals surface area (Å²) in [6.07, 6.45) is 3.95. The quantitative estimate of drug-likeness (QED) is 0.587. The Kier molecular flexibility index (Phi) is 6.98. The molecule has 8 nitrogen and oxygen atoms in total. The van der Waals surface area contributed by atoms with Crippen molar-refractivity contribution in [2.45, 2.75) is 36.6 Å². The van der Waals surface area contributed by atoms with Crippen molar-refractivity contribution in [2.75, 3.05) is 44.7 Å². The fourth-order valence-electron chi connectivity index (χ4n) is 3.25. The standard InChI is InChI=1S/C19H29N3O5S2/c1-28(24,25)15-14-21-10-12-22(13-11-21)19(23)9-4-16-2-7-18(8-3-16)29(26,27)20-17-5-6-17/h2-3,7-8,17,20H,4-6,9-15H2,1H3. The van der Waals surface area contributed by atoms with E-state index in [1.807, 2.05) is 4.90 Å². The molecule has 1 aromatic rings. The van der Waals surface area contributed by atoms with Gasteiger partial charge in [-0.25, -0.2) is 21.6 Å². The van der Waals surface area contributed by atoms with Gasteiger partial charge in [0.2, 0.25) is 15.9 Å². The summed E-state index contributed by atoms with van der Waals surface area (Å²) >= 11 is 0. The van der Waals surface area contributed by atoms with E-state index < -0.39 is 19.9 Å². The second kappa shape index (κ2) is 9.11. The molecule has 2 aliphatic rings. The highest BCUT2D eigenvalue weighted by Gasteiger charge is 2.28. The SMILES string of the molecule is CS(=O)(=O)CCN1CCN(C(=O)CCc2ccc(S(=O)(=O)NC3CC3)cc2)CC1. The van der Waals surface area contributed by atoms with Gasteiger partial charge in [0.05, 0.1) is 10.6 Å². The zero-order chi connectivity index (χ0) is 21.1. The van der Waals surface area contributed by atoms with Crippen molar-refractivity contribution >= 4 is 25.8 Å². The predicted octanol–water partition coefficient (Wildman–Crippen LogP) is 0.249. The van der Waals surface area contributed by atoms with Crippen molar-refractivity contribution in [1.82, 2.24) is 14.5 Å². The molecule has 29 heavy (non-hydrogen) atoms. The first kappa shape index (κ1) is 22.2. The molecule has 1 heterocycles. The molecule has 1 aliphatic heterocycles. The van der Waals surface area contributed by atoms with Crippen LogP contribution in [0.2, 0.25) is 0 Å². The van der Waals surface area contributed by atoms with Crippen LogP contribution in [0, 0.1) is 0 Å². The molecule has 1 N–H and O–H groups in total. The summed E-state index contributed by atoms with van der Waals surface area (Å²) in [5.74, 6) is 0.211. The van der Waals surface area contributed by atoms with Crippen LogP contribution in [0.15, 0.2) is 29.2 Å². The van der Waals surface area contributed by atoms with Crippen molar-refractivity contribution in [3.05, 3.63) is 29.8 Å². The van der Waals surface area contributed by atoms with E-state index in [0.717, 1.165) is 18.4 Å². The van der Waals surface area contributed by atoms with Gasteiger partial charge in [-0.2, -0.15) is 0 Å². The van der Waals surface area contributed by atoms with Crippen LogP contribution in [-0.2, 0) is 31.1 Å². The van der Waals surface area contributed by atoms with E-state index >= 15 is 0 Å². The Balaban J connectivity index is 1.42. The molecule has 0 radical (unpaired) electrons. The van der Waals surface area contributed by atoms with Gasteiger partial charge in [0.25, 0.3) is 0 Å². The Morgan fingerprint density at radius 3 is 2.21 bits per heavy atom. The topological polar surface area (TPSA) is 104 Å². The number of nitrogens with one attached hydrogen (secondary N) is 1. The smallest absolute Gasteiger partial charge is 0.240 e. The van der Waals surface area contributed by atoms with Crippen LogP contribution < -0.4 is 4.72 Å². The molecule has 2 fully saturated rings. The molecule has 1 aromatic carbocycles. The monoisotopic (exact) mass is 443 g/mol. The lowest BCUT2D eigenvalue weighted by Gasteiger charge is -2.34. The fraction of sp³-hybridized carbons (Fsp3) is 0.632. The van der Waals surface area contributed by atoms with Gasteiger partial charge < -0.3 is 4.90 Å². The summed E-state index contributed by atoms with van der Waals surface area (Å²) in [6.45, 7) is 3.08. The molecule has 10 heteroatoms. The Hall–Kier alpha value is -1.49. The average molecular weight is 444 g/mol. The van der Waals surface area contributed by atoms with Crippen molar-refractivity contribution < 1.29 is 21.6 Å². The highest BCUT2D eigenvalue weighted by Crippen LogP contribution is 2.22. The number of carbonyl (C=O) groups is 1. The first-order valence-electron chi connectivity index (χ1n) is 9.91.